The van der Waals surface area contributed by atoms with E-state index in [-0.39, 0.29) is 22.3 Å². The summed E-state index contributed by atoms with van der Waals surface area (Å²) in [5, 5.41) is 18.0. The maximum Gasteiger partial charge on any atom is 0.262 e. The van der Waals surface area contributed by atoms with Crippen LogP contribution in [-0.2, 0) is 21.2 Å². The number of ether oxygens (including phenoxy) is 1. The van der Waals surface area contributed by atoms with E-state index < -0.39 is 16.1 Å². The van der Waals surface area contributed by atoms with Gasteiger partial charge in [-0.15, -0.1) is 0 Å². The Bertz CT molecular complexity index is 1590. The van der Waals surface area contributed by atoms with Crippen molar-refractivity contribution in [1.29, 1.82) is 0 Å². The first kappa shape index (κ1) is 28.2. The Morgan fingerprint density at radius 2 is 1.75 bits per heavy atom. The molecule has 1 saturated heterocycles. The number of rotatable bonds is 10. The van der Waals surface area contributed by atoms with Gasteiger partial charge in [-0.25, -0.2) is 13.4 Å². The van der Waals surface area contributed by atoms with Crippen LogP contribution in [0.3, 0.4) is 0 Å². The van der Waals surface area contributed by atoms with Crippen molar-refractivity contribution in [2.75, 3.05) is 26.3 Å². The lowest BCUT2D eigenvalue weighted by Crippen LogP contribution is -2.40. The van der Waals surface area contributed by atoms with E-state index in [0.29, 0.717) is 61.7 Å². The molecule has 11 heteroatoms. The second-order valence-corrected chi connectivity index (χ2v) is 12.3. The van der Waals surface area contributed by atoms with Gasteiger partial charge in [-0.05, 0) is 62.3 Å². The van der Waals surface area contributed by atoms with Gasteiger partial charge in [-0.2, -0.15) is 9.40 Å². The van der Waals surface area contributed by atoms with Gasteiger partial charge < -0.3 is 14.8 Å². The summed E-state index contributed by atoms with van der Waals surface area (Å²) in [6.07, 6.45) is 1.27. The van der Waals surface area contributed by atoms with Crippen molar-refractivity contribution in [2.24, 2.45) is 0 Å². The Morgan fingerprint density at radius 3 is 2.42 bits per heavy atom. The number of fused-ring (bicyclic) bond motifs is 1. The largest absolute Gasteiger partial charge is 0.393 e. The number of sulfonamides is 1. The topological polar surface area (TPSA) is 141 Å². The van der Waals surface area contributed by atoms with Crippen molar-refractivity contribution >= 4 is 21.1 Å². The highest BCUT2D eigenvalue weighted by Gasteiger charge is 2.27. The first-order chi connectivity index (χ1) is 19.2. The number of hydrogen-bond acceptors (Lipinski definition) is 7. The third-order valence-electron chi connectivity index (χ3n) is 7.67. The van der Waals surface area contributed by atoms with Crippen LogP contribution in [0.25, 0.3) is 11.0 Å². The van der Waals surface area contributed by atoms with E-state index in [4.69, 9.17) is 4.74 Å². The zero-order valence-corrected chi connectivity index (χ0v) is 23.5. The number of aliphatic hydroxyl groups excluding tert-OH is 1. The number of hydrogen-bond donors (Lipinski definition) is 3. The third-order valence-corrected chi connectivity index (χ3v) is 9.59. The molecule has 1 fully saturated rings. The summed E-state index contributed by atoms with van der Waals surface area (Å²) in [6.45, 7) is 4.98. The monoisotopic (exact) mass is 565 g/mol. The molecule has 0 amide bonds. The molecule has 5 rings (SSSR count). The van der Waals surface area contributed by atoms with Crippen LogP contribution in [0.4, 0.5) is 0 Å². The Kier molecular flexibility index (Phi) is 8.46. The van der Waals surface area contributed by atoms with Gasteiger partial charge in [0.25, 0.3) is 5.56 Å². The van der Waals surface area contributed by atoms with Crippen LogP contribution in [0.1, 0.15) is 54.2 Å². The molecule has 40 heavy (non-hydrogen) atoms. The summed E-state index contributed by atoms with van der Waals surface area (Å²) < 4.78 is 32.8. The lowest BCUT2D eigenvalue weighted by atomic mass is 9.84. The minimum absolute atomic E-state index is 0.106. The van der Waals surface area contributed by atoms with Crippen LogP contribution in [0.5, 0.6) is 0 Å². The summed E-state index contributed by atoms with van der Waals surface area (Å²) in [4.78, 5) is 20.4. The summed E-state index contributed by atoms with van der Waals surface area (Å²) >= 11 is 0. The number of aryl methyl sites for hydroxylation is 1. The molecule has 3 unspecified atom stereocenters. The van der Waals surface area contributed by atoms with E-state index in [9.17, 15) is 18.3 Å². The molecule has 10 nitrogen and oxygen atoms in total. The predicted molar refractivity (Wildman–Crippen MR) is 152 cm³/mol. The van der Waals surface area contributed by atoms with E-state index in [1.165, 1.54) is 4.31 Å². The molecule has 212 valence electrons. The van der Waals surface area contributed by atoms with Crippen molar-refractivity contribution in [3.8, 4) is 0 Å². The fourth-order valence-electron chi connectivity index (χ4n) is 5.39. The number of benzene rings is 2. The minimum Gasteiger partial charge on any atom is -0.393 e. The molecule has 3 N–H and O–H groups in total. The lowest BCUT2D eigenvalue weighted by Gasteiger charge is -2.26. The number of morpholine rings is 1. The molecule has 0 aliphatic carbocycles. The van der Waals surface area contributed by atoms with Crippen LogP contribution >= 0.6 is 0 Å². The fourth-order valence-corrected chi connectivity index (χ4v) is 6.80. The zero-order valence-electron chi connectivity index (χ0n) is 22.7. The normalized spacial score (nSPS) is 17.1. The maximum atomic E-state index is 13.0. The molecule has 3 heterocycles. The van der Waals surface area contributed by atoms with Crippen molar-refractivity contribution in [3.63, 3.8) is 0 Å². The van der Waals surface area contributed by atoms with Gasteiger partial charge in [0.2, 0.25) is 10.0 Å². The quantitative estimate of drug-likeness (QED) is 0.268. The van der Waals surface area contributed by atoms with Crippen molar-refractivity contribution in [3.05, 3.63) is 87.6 Å². The van der Waals surface area contributed by atoms with Crippen LogP contribution < -0.4 is 5.56 Å². The molecule has 4 aromatic rings. The average molecular weight is 566 g/mol. The molecule has 3 atom stereocenters. The second-order valence-electron chi connectivity index (χ2n) is 10.4. The summed E-state index contributed by atoms with van der Waals surface area (Å²) in [7, 11) is -3.56. The molecule has 0 saturated carbocycles. The average Bonchev–Trinajstić information content (AvgIpc) is 3.34. The summed E-state index contributed by atoms with van der Waals surface area (Å²) in [5.41, 5.74) is 2.89. The first-order valence-electron chi connectivity index (χ1n) is 13.6. The smallest absolute Gasteiger partial charge is 0.262 e. The van der Waals surface area contributed by atoms with E-state index in [1.807, 2.05) is 30.3 Å². The number of nitrogens with one attached hydrogen (secondary N) is 2. The van der Waals surface area contributed by atoms with Gasteiger partial charge in [-0.3, -0.25) is 9.89 Å². The molecular weight excluding hydrogens is 530 g/mol. The first-order valence-corrected chi connectivity index (χ1v) is 15.0. The van der Waals surface area contributed by atoms with Crippen molar-refractivity contribution < 1.29 is 18.3 Å². The SMILES string of the molecule is Cc1n[nH]c2nc(C(CCC(Cc3ccc(S(=O)(=O)N4CCOCC4)cc3)c3ccccc3)C(C)O)[nH]c(=O)c12. The van der Waals surface area contributed by atoms with Gasteiger partial charge in [0, 0.05) is 19.0 Å². The number of aromatic amines is 2. The Labute approximate surface area is 233 Å². The van der Waals surface area contributed by atoms with Crippen LogP contribution in [0, 0.1) is 6.92 Å². The molecule has 0 bridgehead atoms. The van der Waals surface area contributed by atoms with E-state index in [0.717, 1.165) is 17.5 Å². The molecule has 1 aliphatic rings. The van der Waals surface area contributed by atoms with E-state index in [2.05, 4.69) is 32.3 Å². The van der Waals surface area contributed by atoms with Crippen molar-refractivity contribution in [2.45, 2.75) is 55.9 Å². The zero-order chi connectivity index (χ0) is 28.3. The number of H-pyrrole nitrogens is 2. The third kappa shape index (κ3) is 6.02. The van der Waals surface area contributed by atoms with Gasteiger partial charge in [0.05, 0.1) is 29.9 Å². The molecule has 2 aromatic carbocycles. The molecule has 2 aromatic heterocycles. The van der Waals surface area contributed by atoms with Gasteiger partial charge in [0.15, 0.2) is 5.65 Å². The predicted octanol–water partition coefficient (Wildman–Crippen LogP) is 3.25. The highest BCUT2D eigenvalue weighted by atomic mass is 32.2. The summed E-state index contributed by atoms with van der Waals surface area (Å²) in [5.74, 6) is 0.155. The van der Waals surface area contributed by atoms with Crippen LogP contribution in [0.2, 0.25) is 0 Å². The lowest BCUT2D eigenvalue weighted by molar-refractivity contribution is 0.0730. The highest BCUT2D eigenvalue weighted by Crippen LogP contribution is 2.32. The Balaban J connectivity index is 1.36. The van der Waals surface area contributed by atoms with Gasteiger partial charge in [-0.1, -0.05) is 42.5 Å². The number of aliphatic hydroxyl groups is 1. The maximum absolute atomic E-state index is 13.0. The standard InChI is InChI=1S/C29H35N5O5S/c1-19-26-28(33-32-19)30-27(31-29(26)36)25(20(2)35)13-10-23(22-6-4-3-5-7-22)18-21-8-11-24(12-9-21)40(37,38)34-14-16-39-17-15-34/h3-9,11-12,20,23,25,35H,10,13-18H2,1-2H3,(H2,30,31,32,33,36). The highest BCUT2D eigenvalue weighted by molar-refractivity contribution is 7.89. The second kappa shape index (κ2) is 12.0. The molecule has 0 spiro atoms. The van der Waals surface area contributed by atoms with E-state index >= 15 is 0 Å². The Morgan fingerprint density at radius 1 is 1.05 bits per heavy atom. The number of nitrogens with zero attached hydrogens (tertiary/aromatic N) is 3. The number of aromatic nitrogens is 4. The van der Waals surface area contributed by atoms with E-state index in [1.54, 1.807) is 26.0 Å². The van der Waals surface area contributed by atoms with Crippen LogP contribution in [-0.4, -0.2) is 70.4 Å². The molecule has 1 aliphatic heterocycles. The Hall–Kier alpha value is -3.38. The summed E-state index contributed by atoms with van der Waals surface area (Å²) in [6, 6.07) is 17.2. The fraction of sp³-hybridized carbons (Fsp3) is 0.414. The van der Waals surface area contributed by atoms with Crippen molar-refractivity contribution in [1.82, 2.24) is 24.5 Å². The van der Waals surface area contributed by atoms with Crippen LogP contribution in [0.15, 0.2) is 64.3 Å². The van der Waals surface area contributed by atoms with Gasteiger partial charge in [0.1, 0.15) is 11.2 Å². The molecule has 0 radical (unpaired) electrons. The van der Waals surface area contributed by atoms with Gasteiger partial charge >= 0.3 is 0 Å². The minimum atomic E-state index is -3.56. The molecular formula is C29H35N5O5S.